The Bertz CT molecular complexity index is 603. The van der Waals surface area contributed by atoms with E-state index in [1.807, 2.05) is 12.1 Å². The van der Waals surface area contributed by atoms with E-state index < -0.39 is 5.95 Å². The average Bonchev–Trinajstić information content (AvgIpc) is 2.95. The highest BCUT2D eigenvalue weighted by molar-refractivity contribution is 9.10. The van der Waals surface area contributed by atoms with Crippen molar-refractivity contribution in [2.24, 2.45) is 0 Å². The van der Waals surface area contributed by atoms with Crippen molar-refractivity contribution in [2.45, 2.75) is 19.0 Å². The van der Waals surface area contributed by atoms with Gasteiger partial charge in [-0.15, -0.1) is 0 Å². The van der Waals surface area contributed by atoms with Crippen molar-refractivity contribution in [3.63, 3.8) is 0 Å². The normalized spacial score (nSPS) is 18.2. The van der Waals surface area contributed by atoms with Crippen molar-refractivity contribution >= 4 is 21.6 Å². The molecule has 3 rings (SSSR count). The van der Waals surface area contributed by atoms with Gasteiger partial charge < -0.3 is 10.2 Å². The number of benzene rings is 1. The number of hydrogen-bond donors (Lipinski definition) is 1. The fourth-order valence-electron chi connectivity index (χ4n) is 2.63. The van der Waals surface area contributed by atoms with Crippen molar-refractivity contribution in [3.8, 4) is 0 Å². The fraction of sp³-hybridized carbons (Fsp3) is 0.312. The highest BCUT2D eigenvalue weighted by atomic mass is 79.9. The van der Waals surface area contributed by atoms with Crippen LogP contribution in [-0.4, -0.2) is 24.1 Å². The smallest absolute Gasteiger partial charge is 0.212 e. The van der Waals surface area contributed by atoms with Gasteiger partial charge in [0.05, 0.1) is 11.9 Å². The number of halogens is 2. The predicted molar refractivity (Wildman–Crippen MR) is 85.8 cm³/mol. The van der Waals surface area contributed by atoms with Crippen LogP contribution in [0.5, 0.6) is 0 Å². The summed E-state index contributed by atoms with van der Waals surface area (Å²) in [7, 11) is 0. The Hall–Kier alpha value is -1.46. The van der Waals surface area contributed by atoms with Gasteiger partial charge in [-0.1, -0.05) is 28.1 Å². The van der Waals surface area contributed by atoms with Crippen LogP contribution in [0.4, 0.5) is 10.1 Å². The minimum absolute atomic E-state index is 0.428. The van der Waals surface area contributed by atoms with Gasteiger partial charge in [-0.25, -0.2) is 4.98 Å². The van der Waals surface area contributed by atoms with Gasteiger partial charge in [0.15, 0.2) is 0 Å². The monoisotopic (exact) mass is 349 g/mol. The van der Waals surface area contributed by atoms with Gasteiger partial charge in [-0.05, 0) is 36.2 Å². The molecule has 1 N–H and O–H groups in total. The van der Waals surface area contributed by atoms with Crippen LogP contribution in [0.1, 0.15) is 12.0 Å². The van der Waals surface area contributed by atoms with Gasteiger partial charge in [0, 0.05) is 30.1 Å². The van der Waals surface area contributed by atoms with Crippen molar-refractivity contribution in [1.29, 1.82) is 0 Å². The van der Waals surface area contributed by atoms with E-state index in [0.29, 0.717) is 6.04 Å². The lowest BCUT2D eigenvalue weighted by Gasteiger charge is -2.18. The summed E-state index contributed by atoms with van der Waals surface area (Å²) >= 11 is 3.49. The standard InChI is InChI=1S/C16H17BrFN3/c17-13-3-1-2-12(8-13)9-19-14-6-7-21(11-14)15-4-5-16(18)20-10-15/h1-5,8,10,14,19H,6-7,9,11H2. The van der Waals surface area contributed by atoms with E-state index in [9.17, 15) is 4.39 Å². The molecule has 1 atom stereocenters. The zero-order valence-electron chi connectivity index (χ0n) is 11.6. The number of aromatic nitrogens is 1. The highest BCUT2D eigenvalue weighted by Gasteiger charge is 2.22. The van der Waals surface area contributed by atoms with Crippen LogP contribution < -0.4 is 10.2 Å². The molecule has 110 valence electrons. The van der Waals surface area contributed by atoms with Crippen molar-refractivity contribution in [2.75, 3.05) is 18.0 Å². The molecule has 0 saturated carbocycles. The first-order valence-corrected chi connectivity index (χ1v) is 7.84. The van der Waals surface area contributed by atoms with Crippen LogP contribution in [-0.2, 0) is 6.54 Å². The lowest BCUT2D eigenvalue weighted by atomic mass is 10.2. The van der Waals surface area contributed by atoms with Crippen LogP contribution in [0.2, 0.25) is 0 Å². The number of nitrogens with zero attached hydrogens (tertiary/aromatic N) is 2. The first-order chi connectivity index (χ1) is 10.2. The van der Waals surface area contributed by atoms with Gasteiger partial charge >= 0.3 is 0 Å². The third-order valence-electron chi connectivity index (χ3n) is 3.75. The van der Waals surface area contributed by atoms with Crippen LogP contribution >= 0.6 is 15.9 Å². The van der Waals surface area contributed by atoms with E-state index in [0.717, 1.165) is 36.2 Å². The maximum atomic E-state index is 12.8. The van der Waals surface area contributed by atoms with E-state index >= 15 is 0 Å². The molecule has 2 heterocycles. The van der Waals surface area contributed by atoms with E-state index in [4.69, 9.17) is 0 Å². The number of rotatable bonds is 4. The summed E-state index contributed by atoms with van der Waals surface area (Å²) in [6.07, 6.45) is 2.69. The molecule has 0 bridgehead atoms. The first kappa shape index (κ1) is 14.5. The Balaban J connectivity index is 1.54. The number of pyridine rings is 1. The lowest BCUT2D eigenvalue weighted by Crippen LogP contribution is -2.32. The quantitative estimate of drug-likeness (QED) is 0.858. The molecule has 1 aromatic carbocycles. The zero-order chi connectivity index (χ0) is 14.7. The minimum Gasteiger partial charge on any atom is -0.369 e. The average molecular weight is 350 g/mol. The molecule has 1 fully saturated rings. The fourth-order valence-corrected chi connectivity index (χ4v) is 3.07. The Morgan fingerprint density at radius 2 is 2.24 bits per heavy atom. The summed E-state index contributed by atoms with van der Waals surface area (Å²) < 4.78 is 13.9. The second-order valence-corrected chi connectivity index (χ2v) is 6.20. The molecule has 1 aliphatic heterocycles. The molecular weight excluding hydrogens is 333 g/mol. The SMILES string of the molecule is Fc1ccc(N2CCC(NCc3cccc(Br)c3)C2)cn1. The van der Waals surface area contributed by atoms with E-state index in [-0.39, 0.29) is 0 Å². The van der Waals surface area contributed by atoms with Crippen LogP contribution in [0.25, 0.3) is 0 Å². The number of nitrogens with one attached hydrogen (secondary N) is 1. The van der Waals surface area contributed by atoms with Gasteiger partial charge in [-0.2, -0.15) is 4.39 Å². The first-order valence-electron chi connectivity index (χ1n) is 7.05. The van der Waals surface area contributed by atoms with Crippen molar-refractivity contribution in [3.05, 3.63) is 58.6 Å². The molecule has 1 saturated heterocycles. The topological polar surface area (TPSA) is 28.2 Å². The molecule has 21 heavy (non-hydrogen) atoms. The molecule has 3 nitrogen and oxygen atoms in total. The Morgan fingerprint density at radius 1 is 1.33 bits per heavy atom. The predicted octanol–water partition coefficient (Wildman–Crippen LogP) is 3.35. The van der Waals surface area contributed by atoms with Gasteiger partial charge in [0.2, 0.25) is 5.95 Å². The molecule has 1 aromatic heterocycles. The van der Waals surface area contributed by atoms with Gasteiger partial charge in [0.25, 0.3) is 0 Å². The summed E-state index contributed by atoms with van der Waals surface area (Å²) in [5.41, 5.74) is 2.26. The van der Waals surface area contributed by atoms with E-state index in [1.54, 1.807) is 12.3 Å². The summed E-state index contributed by atoms with van der Waals surface area (Å²) in [6, 6.07) is 12.0. The highest BCUT2D eigenvalue weighted by Crippen LogP contribution is 2.20. The summed E-state index contributed by atoms with van der Waals surface area (Å²) in [6.45, 7) is 2.77. The molecule has 5 heteroatoms. The Kier molecular flexibility index (Phi) is 4.51. The van der Waals surface area contributed by atoms with Gasteiger partial charge in [-0.3, -0.25) is 0 Å². The second kappa shape index (κ2) is 6.54. The summed E-state index contributed by atoms with van der Waals surface area (Å²) in [5.74, 6) is -0.428. The molecule has 2 aromatic rings. The van der Waals surface area contributed by atoms with Crippen LogP contribution in [0.15, 0.2) is 47.1 Å². The summed E-state index contributed by atoms with van der Waals surface area (Å²) in [5, 5.41) is 3.58. The molecule has 0 aliphatic carbocycles. The largest absolute Gasteiger partial charge is 0.369 e. The maximum Gasteiger partial charge on any atom is 0.212 e. The van der Waals surface area contributed by atoms with Crippen LogP contribution in [0, 0.1) is 5.95 Å². The van der Waals surface area contributed by atoms with Gasteiger partial charge in [0.1, 0.15) is 0 Å². The maximum absolute atomic E-state index is 12.8. The zero-order valence-corrected chi connectivity index (χ0v) is 13.2. The lowest BCUT2D eigenvalue weighted by molar-refractivity contribution is 0.551. The molecule has 0 amide bonds. The van der Waals surface area contributed by atoms with Crippen LogP contribution in [0.3, 0.4) is 0 Å². The third kappa shape index (κ3) is 3.80. The van der Waals surface area contributed by atoms with E-state index in [1.165, 1.54) is 11.6 Å². The molecule has 0 spiro atoms. The Morgan fingerprint density at radius 3 is 3.00 bits per heavy atom. The minimum atomic E-state index is -0.428. The third-order valence-corrected chi connectivity index (χ3v) is 4.24. The number of hydrogen-bond acceptors (Lipinski definition) is 3. The molecule has 1 unspecified atom stereocenters. The molecule has 0 radical (unpaired) electrons. The second-order valence-electron chi connectivity index (χ2n) is 5.28. The van der Waals surface area contributed by atoms with E-state index in [2.05, 4.69) is 43.3 Å². The van der Waals surface area contributed by atoms with Crippen molar-refractivity contribution < 1.29 is 4.39 Å². The number of anilines is 1. The molecule has 1 aliphatic rings. The molecular formula is C16H17BrFN3. The Labute approximate surface area is 132 Å². The summed E-state index contributed by atoms with van der Waals surface area (Å²) in [4.78, 5) is 5.96. The van der Waals surface area contributed by atoms with Crippen molar-refractivity contribution in [1.82, 2.24) is 10.3 Å².